The third-order valence-electron chi connectivity index (χ3n) is 7.15. The lowest BCUT2D eigenvalue weighted by molar-refractivity contribution is 0.0684. The second-order valence-electron chi connectivity index (χ2n) is 9.48. The molecule has 0 bridgehead atoms. The van der Waals surface area contributed by atoms with Gasteiger partial charge in [0.05, 0.1) is 5.69 Å². The molecule has 0 radical (unpaired) electrons. The molecule has 0 spiro atoms. The number of carbonyl (C=O) groups is 1. The van der Waals surface area contributed by atoms with Crippen molar-refractivity contribution in [3.63, 3.8) is 0 Å². The number of hydrogen-bond acceptors (Lipinski definition) is 2. The zero-order valence-corrected chi connectivity index (χ0v) is 19.1. The van der Waals surface area contributed by atoms with Crippen LogP contribution in [-0.2, 0) is 19.4 Å². The van der Waals surface area contributed by atoms with Crippen LogP contribution in [0.5, 0.6) is 0 Å². The number of amides is 1. The maximum atomic E-state index is 13.6. The minimum absolute atomic E-state index is 0.132. The molecule has 3 heterocycles. The van der Waals surface area contributed by atoms with Gasteiger partial charge in [0, 0.05) is 25.2 Å². The molecule has 0 unspecified atom stereocenters. The fraction of sp³-hybridized carbons (Fsp3) is 0.429. The Labute approximate surface area is 191 Å². The van der Waals surface area contributed by atoms with Gasteiger partial charge in [-0.2, -0.15) is 0 Å². The van der Waals surface area contributed by atoms with Crippen LogP contribution in [-0.4, -0.2) is 33.4 Å². The van der Waals surface area contributed by atoms with Crippen LogP contribution in [0.3, 0.4) is 0 Å². The van der Waals surface area contributed by atoms with Crippen molar-refractivity contribution in [1.82, 2.24) is 14.5 Å². The van der Waals surface area contributed by atoms with E-state index in [0.717, 1.165) is 75.2 Å². The van der Waals surface area contributed by atoms with Crippen LogP contribution >= 0.6 is 0 Å². The highest BCUT2D eigenvalue weighted by Crippen LogP contribution is 2.29. The Morgan fingerprint density at radius 3 is 2.44 bits per heavy atom. The fourth-order valence-corrected chi connectivity index (χ4v) is 5.25. The van der Waals surface area contributed by atoms with Gasteiger partial charge >= 0.3 is 0 Å². The number of aryl methyl sites for hydroxylation is 1. The molecule has 0 atom stereocenters. The van der Waals surface area contributed by atoms with E-state index in [4.69, 9.17) is 4.98 Å². The Bertz CT molecular complexity index is 1060. The fourth-order valence-electron chi connectivity index (χ4n) is 5.25. The summed E-state index contributed by atoms with van der Waals surface area (Å²) in [7, 11) is 0. The van der Waals surface area contributed by atoms with E-state index in [9.17, 15) is 4.79 Å². The predicted octanol–water partition coefficient (Wildman–Crippen LogP) is 5.68. The van der Waals surface area contributed by atoms with Crippen LogP contribution in [0.1, 0.15) is 59.4 Å². The molecule has 4 heteroatoms. The van der Waals surface area contributed by atoms with E-state index in [2.05, 4.69) is 71.0 Å². The molecule has 166 valence electrons. The van der Waals surface area contributed by atoms with Gasteiger partial charge in [-0.05, 0) is 56.9 Å². The number of aromatic nitrogens is 2. The third kappa shape index (κ3) is 4.36. The summed E-state index contributed by atoms with van der Waals surface area (Å²) in [5.41, 5.74) is 5.60. The summed E-state index contributed by atoms with van der Waals surface area (Å²) in [6, 6.07) is 19.3. The van der Waals surface area contributed by atoms with Gasteiger partial charge in [0.15, 0.2) is 0 Å². The molecule has 1 aromatic heterocycles. The number of carbonyl (C=O) groups excluding carboxylic acids is 1. The maximum absolute atomic E-state index is 13.6. The van der Waals surface area contributed by atoms with E-state index in [-0.39, 0.29) is 5.91 Å². The summed E-state index contributed by atoms with van der Waals surface area (Å²) < 4.78 is 2.33. The first kappa shape index (κ1) is 21.0. The molecular weight excluding hydrogens is 394 g/mol. The van der Waals surface area contributed by atoms with Crippen molar-refractivity contribution in [2.24, 2.45) is 5.92 Å². The van der Waals surface area contributed by atoms with Crippen LogP contribution in [0.4, 0.5) is 0 Å². The average Bonchev–Trinajstić information content (AvgIpc) is 3.01. The van der Waals surface area contributed by atoms with Gasteiger partial charge in [-0.25, -0.2) is 4.98 Å². The quantitative estimate of drug-likeness (QED) is 0.537. The van der Waals surface area contributed by atoms with Crippen molar-refractivity contribution >= 4 is 5.91 Å². The molecule has 0 aliphatic carbocycles. The average molecular weight is 428 g/mol. The van der Waals surface area contributed by atoms with E-state index < -0.39 is 0 Å². The summed E-state index contributed by atoms with van der Waals surface area (Å²) in [5, 5.41) is 0. The van der Waals surface area contributed by atoms with Crippen molar-refractivity contribution in [3.05, 3.63) is 77.1 Å². The second-order valence-corrected chi connectivity index (χ2v) is 9.48. The van der Waals surface area contributed by atoms with Gasteiger partial charge in [0.25, 0.3) is 5.91 Å². The maximum Gasteiger partial charge on any atom is 0.274 e. The minimum Gasteiger partial charge on any atom is -0.337 e. The molecule has 3 aromatic rings. The Hall–Kier alpha value is -2.88. The molecule has 1 amide bonds. The van der Waals surface area contributed by atoms with Gasteiger partial charge in [0.2, 0.25) is 0 Å². The number of piperidine rings is 1. The van der Waals surface area contributed by atoms with E-state index in [0.29, 0.717) is 11.6 Å². The molecule has 1 saturated heterocycles. The number of fused-ring (bicyclic) bond motifs is 1. The first-order valence-corrected chi connectivity index (χ1v) is 12.2. The van der Waals surface area contributed by atoms with Crippen molar-refractivity contribution in [2.45, 2.75) is 58.4 Å². The van der Waals surface area contributed by atoms with E-state index in [1.165, 1.54) is 17.5 Å². The normalized spacial score (nSPS) is 17.1. The SMILES string of the molecule is Cc1ccc(-c2nc(C(=O)N3CCC(Cc4ccccc4)CC3)c3n2CCCCC3)cc1. The number of hydrogen-bond donors (Lipinski definition) is 0. The third-order valence-corrected chi connectivity index (χ3v) is 7.15. The Morgan fingerprint density at radius 2 is 1.69 bits per heavy atom. The number of likely N-dealkylation sites (tertiary alicyclic amines) is 1. The smallest absolute Gasteiger partial charge is 0.274 e. The van der Waals surface area contributed by atoms with Gasteiger partial charge in [0.1, 0.15) is 11.5 Å². The van der Waals surface area contributed by atoms with Gasteiger partial charge < -0.3 is 9.47 Å². The Morgan fingerprint density at radius 1 is 0.938 bits per heavy atom. The molecule has 32 heavy (non-hydrogen) atoms. The van der Waals surface area contributed by atoms with Crippen LogP contribution in [0.15, 0.2) is 54.6 Å². The van der Waals surface area contributed by atoms with Crippen LogP contribution < -0.4 is 0 Å². The summed E-state index contributed by atoms with van der Waals surface area (Å²) in [6.45, 7) is 4.73. The summed E-state index contributed by atoms with van der Waals surface area (Å²) >= 11 is 0. The Balaban J connectivity index is 1.35. The molecule has 2 aliphatic heterocycles. The first-order chi connectivity index (χ1) is 15.7. The molecular formula is C28H33N3O. The lowest BCUT2D eigenvalue weighted by atomic mass is 9.90. The molecule has 0 saturated carbocycles. The molecule has 2 aromatic carbocycles. The van der Waals surface area contributed by atoms with Gasteiger partial charge in [-0.3, -0.25) is 4.79 Å². The standard InChI is InChI=1S/C28H33N3O/c1-21-11-13-24(14-12-21)27-29-26(25-10-6-3-7-17-31(25)27)28(32)30-18-15-23(16-19-30)20-22-8-4-2-5-9-22/h2,4-5,8-9,11-14,23H,3,6-7,10,15-20H2,1H3. The van der Waals surface area contributed by atoms with Crippen molar-refractivity contribution in [3.8, 4) is 11.4 Å². The van der Waals surface area contributed by atoms with Crippen LogP contribution in [0.2, 0.25) is 0 Å². The van der Waals surface area contributed by atoms with E-state index >= 15 is 0 Å². The highest BCUT2D eigenvalue weighted by Gasteiger charge is 2.30. The minimum atomic E-state index is 0.132. The van der Waals surface area contributed by atoms with Crippen molar-refractivity contribution in [2.75, 3.05) is 13.1 Å². The Kier molecular flexibility index (Phi) is 6.11. The molecule has 4 nitrogen and oxygen atoms in total. The number of nitrogens with zero attached hydrogens (tertiary/aromatic N) is 3. The van der Waals surface area contributed by atoms with Gasteiger partial charge in [-0.1, -0.05) is 66.6 Å². The van der Waals surface area contributed by atoms with Gasteiger partial charge in [-0.15, -0.1) is 0 Å². The predicted molar refractivity (Wildman–Crippen MR) is 129 cm³/mol. The number of imidazole rings is 1. The lowest BCUT2D eigenvalue weighted by Gasteiger charge is -2.32. The molecule has 5 rings (SSSR count). The van der Waals surface area contributed by atoms with E-state index in [1.807, 2.05) is 0 Å². The highest BCUT2D eigenvalue weighted by molar-refractivity contribution is 5.94. The zero-order valence-electron chi connectivity index (χ0n) is 19.1. The second kappa shape index (κ2) is 9.32. The number of rotatable bonds is 4. The monoisotopic (exact) mass is 427 g/mol. The highest BCUT2D eigenvalue weighted by atomic mass is 16.2. The first-order valence-electron chi connectivity index (χ1n) is 12.2. The van der Waals surface area contributed by atoms with Crippen molar-refractivity contribution in [1.29, 1.82) is 0 Å². The zero-order chi connectivity index (χ0) is 21.9. The summed E-state index contributed by atoms with van der Waals surface area (Å²) in [5.74, 6) is 1.75. The van der Waals surface area contributed by atoms with Crippen molar-refractivity contribution < 1.29 is 4.79 Å². The molecule has 0 N–H and O–H groups in total. The lowest BCUT2D eigenvalue weighted by Crippen LogP contribution is -2.39. The molecule has 1 fully saturated rings. The largest absolute Gasteiger partial charge is 0.337 e. The topological polar surface area (TPSA) is 38.1 Å². The number of benzene rings is 2. The van der Waals surface area contributed by atoms with Crippen LogP contribution in [0.25, 0.3) is 11.4 Å². The molecule has 2 aliphatic rings. The van der Waals surface area contributed by atoms with E-state index in [1.54, 1.807) is 0 Å². The summed E-state index contributed by atoms with van der Waals surface area (Å²) in [4.78, 5) is 20.6. The summed E-state index contributed by atoms with van der Waals surface area (Å²) in [6.07, 6.45) is 7.71. The van der Waals surface area contributed by atoms with Crippen LogP contribution in [0, 0.1) is 12.8 Å².